The topological polar surface area (TPSA) is 35.0 Å². The fourth-order valence-corrected chi connectivity index (χ4v) is 1.76. The molecule has 0 radical (unpaired) electrons. The van der Waals surface area contributed by atoms with E-state index in [0.717, 1.165) is 30.5 Å². The smallest absolute Gasteiger partial charge is 0.387 e. The Kier molecular flexibility index (Phi) is 4.69. The van der Waals surface area contributed by atoms with Crippen LogP contribution in [0.4, 0.5) is 22.0 Å². The molecule has 1 heterocycles. The molecule has 0 aliphatic rings. The van der Waals surface area contributed by atoms with Crippen molar-refractivity contribution in [2.75, 3.05) is 0 Å². The zero-order valence-electron chi connectivity index (χ0n) is 10.9. The van der Waals surface area contributed by atoms with E-state index in [-0.39, 0.29) is 17.0 Å². The number of halogens is 5. The quantitative estimate of drug-likeness (QED) is 0.764. The maximum Gasteiger partial charge on any atom is 0.387 e. The molecule has 1 aromatic heterocycles. The molecule has 0 aliphatic heterocycles. The van der Waals surface area contributed by atoms with E-state index in [1.165, 1.54) is 0 Å². The largest absolute Gasteiger partial charge is 0.434 e. The first-order valence-electron chi connectivity index (χ1n) is 5.94. The summed E-state index contributed by atoms with van der Waals surface area (Å²) >= 11 is 0. The Morgan fingerprint density at radius 3 is 2.50 bits per heavy atom. The fourth-order valence-electron chi connectivity index (χ4n) is 1.76. The van der Waals surface area contributed by atoms with E-state index in [2.05, 4.69) is 21.3 Å². The second-order valence-electron chi connectivity index (χ2n) is 4.05. The van der Waals surface area contributed by atoms with E-state index in [0.29, 0.717) is 0 Å². The lowest BCUT2D eigenvalue weighted by atomic mass is 10.1. The fraction of sp³-hybridized carbons (Fsp3) is 0.143. The van der Waals surface area contributed by atoms with Crippen molar-refractivity contribution in [3.8, 4) is 17.0 Å². The molecule has 116 valence electrons. The van der Waals surface area contributed by atoms with Gasteiger partial charge in [-0.25, -0.2) is 18.2 Å². The Morgan fingerprint density at radius 2 is 1.91 bits per heavy atom. The second-order valence-corrected chi connectivity index (χ2v) is 4.05. The van der Waals surface area contributed by atoms with Gasteiger partial charge in [-0.3, -0.25) is 4.98 Å². The lowest BCUT2D eigenvalue weighted by Gasteiger charge is -2.11. The minimum atomic E-state index is -3.17. The molecular formula is C14H9F5N2O. The molecule has 1 aromatic carbocycles. The molecule has 0 atom stereocenters. The van der Waals surface area contributed by atoms with Gasteiger partial charge in [0.15, 0.2) is 0 Å². The number of hydrogen-bond acceptors (Lipinski definition) is 3. The van der Waals surface area contributed by atoms with E-state index in [1.54, 1.807) is 0 Å². The molecule has 8 heteroatoms. The van der Waals surface area contributed by atoms with Crippen LogP contribution in [-0.2, 0) is 0 Å². The van der Waals surface area contributed by atoms with Crippen LogP contribution in [0, 0.1) is 5.82 Å². The van der Waals surface area contributed by atoms with Gasteiger partial charge in [-0.05, 0) is 18.2 Å². The number of benzene rings is 1. The predicted octanol–water partition coefficient (Wildman–Crippen LogP) is 4.46. The molecule has 0 aliphatic carbocycles. The highest BCUT2D eigenvalue weighted by atomic mass is 19.3. The van der Waals surface area contributed by atoms with Crippen LogP contribution in [0.3, 0.4) is 0 Å². The van der Waals surface area contributed by atoms with E-state index < -0.39 is 30.3 Å². The van der Waals surface area contributed by atoms with Gasteiger partial charge in [0, 0.05) is 11.6 Å². The van der Waals surface area contributed by atoms with Crippen molar-refractivity contribution in [3.05, 3.63) is 48.2 Å². The molecule has 0 N–H and O–H groups in total. The summed E-state index contributed by atoms with van der Waals surface area (Å²) < 4.78 is 67.6. The highest BCUT2D eigenvalue weighted by molar-refractivity contribution is 5.67. The Hall–Kier alpha value is -2.51. The first-order chi connectivity index (χ1) is 10.4. The van der Waals surface area contributed by atoms with Crippen LogP contribution in [0.1, 0.15) is 17.8 Å². The van der Waals surface area contributed by atoms with Crippen molar-refractivity contribution in [3.63, 3.8) is 0 Å². The summed E-state index contributed by atoms with van der Waals surface area (Å²) in [6, 6.07) is 2.90. The average Bonchev–Trinajstić information content (AvgIpc) is 2.46. The maximum absolute atomic E-state index is 13.2. The number of ether oxygens (including phenoxy) is 1. The second kappa shape index (κ2) is 6.50. The number of hydrogen-bond donors (Lipinski definition) is 0. The van der Waals surface area contributed by atoms with Crippen LogP contribution in [-0.4, -0.2) is 16.6 Å². The van der Waals surface area contributed by atoms with Crippen LogP contribution in [0.25, 0.3) is 17.3 Å². The molecule has 2 rings (SSSR count). The van der Waals surface area contributed by atoms with Gasteiger partial charge in [-0.15, -0.1) is 0 Å². The third kappa shape index (κ3) is 3.38. The molecule has 0 amide bonds. The number of nitrogens with zero attached hydrogens (tertiary/aromatic N) is 2. The van der Waals surface area contributed by atoms with Crippen LogP contribution in [0.5, 0.6) is 5.75 Å². The van der Waals surface area contributed by atoms with Crippen molar-refractivity contribution >= 4 is 6.08 Å². The van der Waals surface area contributed by atoms with Gasteiger partial charge in [0.1, 0.15) is 17.3 Å². The van der Waals surface area contributed by atoms with Gasteiger partial charge < -0.3 is 4.74 Å². The first kappa shape index (κ1) is 15.9. The average molecular weight is 316 g/mol. The summed E-state index contributed by atoms with van der Waals surface area (Å²) in [7, 11) is 0. The number of aromatic nitrogens is 2. The van der Waals surface area contributed by atoms with Gasteiger partial charge in [0.2, 0.25) is 0 Å². The maximum atomic E-state index is 13.2. The Morgan fingerprint density at radius 1 is 1.18 bits per heavy atom. The molecule has 22 heavy (non-hydrogen) atoms. The van der Waals surface area contributed by atoms with E-state index in [9.17, 15) is 22.0 Å². The zero-order valence-corrected chi connectivity index (χ0v) is 10.9. The third-order valence-electron chi connectivity index (χ3n) is 2.66. The van der Waals surface area contributed by atoms with Crippen LogP contribution in [0.2, 0.25) is 0 Å². The summed E-state index contributed by atoms with van der Waals surface area (Å²) in [6.45, 7) is 0.173. The van der Waals surface area contributed by atoms with Gasteiger partial charge in [-0.1, -0.05) is 6.58 Å². The monoisotopic (exact) mass is 316 g/mol. The van der Waals surface area contributed by atoms with E-state index in [1.807, 2.05) is 0 Å². The van der Waals surface area contributed by atoms with Gasteiger partial charge >= 0.3 is 6.61 Å². The minimum Gasteiger partial charge on any atom is -0.434 e. The van der Waals surface area contributed by atoms with Crippen LogP contribution < -0.4 is 4.74 Å². The molecule has 0 spiro atoms. The van der Waals surface area contributed by atoms with E-state index in [4.69, 9.17) is 0 Å². The zero-order chi connectivity index (χ0) is 16.3. The summed E-state index contributed by atoms with van der Waals surface area (Å²) in [5.41, 5.74) is -0.801. The summed E-state index contributed by atoms with van der Waals surface area (Å²) in [4.78, 5) is 7.42. The Labute approximate surface area is 122 Å². The molecule has 2 aromatic rings. The predicted molar refractivity (Wildman–Crippen MR) is 69.1 cm³/mol. The molecule has 0 unspecified atom stereocenters. The lowest BCUT2D eigenvalue weighted by molar-refractivity contribution is -0.0496. The standard InChI is InChI=1S/C14H9F5N2O/c1-2-9-12(13(16)17)20-6-10(21-9)8-4-3-7(15)5-11(8)22-14(18)19/h2-6,13-14H,1H2. The van der Waals surface area contributed by atoms with Crippen molar-refractivity contribution in [2.24, 2.45) is 0 Å². The molecule has 0 saturated heterocycles. The van der Waals surface area contributed by atoms with Crippen molar-refractivity contribution in [1.29, 1.82) is 0 Å². The van der Waals surface area contributed by atoms with Crippen molar-refractivity contribution < 1.29 is 26.7 Å². The third-order valence-corrected chi connectivity index (χ3v) is 2.66. The SMILES string of the molecule is C=Cc1nc(-c2ccc(F)cc2OC(F)F)cnc1C(F)F. The normalized spacial score (nSPS) is 11.0. The van der Waals surface area contributed by atoms with Crippen LogP contribution in [0.15, 0.2) is 31.0 Å². The Bertz CT molecular complexity index is 691. The van der Waals surface area contributed by atoms with Crippen LogP contribution >= 0.6 is 0 Å². The number of rotatable bonds is 5. The molecule has 0 bridgehead atoms. The number of alkyl halides is 4. The van der Waals surface area contributed by atoms with E-state index >= 15 is 0 Å². The van der Waals surface area contributed by atoms with Gasteiger partial charge in [-0.2, -0.15) is 8.78 Å². The summed E-state index contributed by atoms with van der Waals surface area (Å²) in [6.07, 6.45) is -0.825. The molecule has 0 fully saturated rings. The highest BCUT2D eigenvalue weighted by Crippen LogP contribution is 2.32. The highest BCUT2D eigenvalue weighted by Gasteiger charge is 2.18. The lowest BCUT2D eigenvalue weighted by Crippen LogP contribution is -2.05. The molecule has 3 nitrogen and oxygen atoms in total. The summed E-state index contributed by atoms with van der Waals surface area (Å²) in [5, 5.41) is 0. The summed E-state index contributed by atoms with van der Waals surface area (Å²) in [5.74, 6) is -1.26. The molecular weight excluding hydrogens is 307 g/mol. The van der Waals surface area contributed by atoms with Gasteiger partial charge in [0.25, 0.3) is 6.43 Å². The minimum absolute atomic E-state index is 0.00174. The van der Waals surface area contributed by atoms with Crippen molar-refractivity contribution in [2.45, 2.75) is 13.0 Å². The first-order valence-corrected chi connectivity index (χ1v) is 5.94. The van der Waals surface area contributed by atoms with Gasteiger partial charge in [0.05, 0.1) is 17.6 Å². The molecule has 0 saturated carbocycles. The van der Waals surface area contributed by atoms with Crippen molar-refractivity contribution in [1.82, 2.24) is 9.97 Å². The Balaban J connectivity index is 2.54.